The van der Waals surface area contributed by atoms with Crippen molar-refractivity contribution in [1.29, 1.82) is 0 Å². The van der Waals surface area contributed by atoms with Crippen LogP contribution >= 0.6 is 0 Å². The van der Waals surface area contributed by atoms with Crippen LogP contribution in [0.4, 0.5) is 34.1 Å². The van der Waals surface area contributed by atoms with Gasteiger partial charge in [0.2, 0.25) is 0 Å². The van der Waals surface area contributed by atoms with Gasteiger partial charge >= 0.3 is 0 Å². The quantitative estimate of drug-likeness (QED) is 0.112. The Morgan fingerprint density at radius 3 is 0.873 bits per heavy atom. The topological polar surface area (TPSA) is 71.2 Å². The van der Waals surface area contributed by atoms with Gasteiger partial charge in [0.25, 0.3) is 0 Å². The molecule has 0 saturated heterocycles. The van der Waals surface area contributed by atoms with Crippen LogP contribution in [0.5, 0.6) is 0 Å². The Morgan fingerprint density at radius 2 is 0.540 bits per heavy atom. The minimum absolute atomic E-state index is 0.617. The summed E-state index contributed by atoms with van der Waals surface area (Å²) in [6, 6.07) is 75.7. The fraction of sp³-hybridized carbons (Fsp3) is 0. The van der Waals surface area contributed by atoms with E-state index in [4.69, 9.17) is 14.6 Å². The number of hydrogen-bond acceptors (Lipinski definition) is 7. The maximum Gasteiger partial charge on any atom is 0.146 e. The van der Waals surface area contributed by atoms with E-state index in [9.17, 15) is 0 Å². The van der Waals surface area contributed by atoms with Crippen molar-refractivity contribution in [2.24, 2.45) is 0 Å². The molecule has 0 spiro atoms. The minimum Gasteiger partial charge on any atom is -0.311 e. The van der Waals surface area contributed by atoms with Crippen molar-refractivity contribution in [2.45, 2.75) is 0 Å². The van der Waals surface area contributed by atoms with Gasteiger partial charge in [0.05, 0.1) is 11.0 Å². The summed E-state index contributed by atoms with van der Waals surface area (Å²) in [7, 11) is 0. The number of aromatic nitrogens is 4. The summed E-state index contributed by atoms with van der Waals surface area (Å²) in [5.41, 5.74) is 14.1. The molecule has 0 aliphatic heterocycles. The first kappa shape index (κ1) is 36.2. The van der Waals surface area contributed by atoms with E-state index >= 15 is 0 Å². The monoisotopic (exact) mass is 808 g/mol. The van der Waals surface area contributed by atoms with E-state index in [0.717, 1.165) is 100.0 Å². The van der Waals surface area contributed by atoms with Crippen LogP contribution in [0.25, 0.3) is 76.9 Å². The maximum atomic E-state index is 5.68. The molecule has 2 aromatic heterocycles. The predicted molar refractivity (Wildman–Crippen MR) is 258 cm³/mol. The molecule has 0 saturated carbocycles. The SMILES string of the molecule is c1ccc(N(c2ccccc2)c2ccc(-c3c4nonc4c(-c4ccc(N(c5ccccc5)c5ccccc5)cc4)c4nc5c6ccccc6c6ccccc6c5nc34)cc2)cc1. The zero-order valence-corrected chi connectivity index (χ0v) is 33.9. The van der Waals surface area contributed by atoms with Gasteiger partial charge in [-0.3, -0.25) is 0 Å². The van der Waals surface area contributed by atoms with Gasteiger partial charge in [-0.15, -0.1) is 0 Å². The van der Waals surface area contributed by atoms with E-state index in [2.05, 4.69) is 214 Å². The van der Waals surface area contributed by atoms with Crippen molar-refractivity contribution in [3.63, 3.8) is 0 Å². The number of fused-ring (bicyclic) bond motifs is 8. The lowest BCUT2D eigenvalue weighted by atomic mass is 9.93. The Bertz CT molecular complexity index is 3280. The van der Waals surface area contributed by atoms with Crippen molar-refractivity contribution in [3.8, 4) is 22.3 Å². The van der Waals surface area contributed by atoms with Crippen LogP contribution in [0.1, 0.15) is 0 Å². The van der Waals surface area contributed by atoms with Crippen molar-refractivity contribution in [3.05, 3.63) is 218 Å². The highest BCUT2D eigenvalue weighted by atomic mass is 16.6. The van der Waals surface area contributed by atoms with Gasteiger partial charge in [-0.2, -0.15) is 0 Å². The lowest BCUT2D eigenvalue weighted by molar-refractivity contribution is 0.315. The van der Waals surface area contributed by atoms with Gasteiger partial charge in [0.15, 0.2) is 0 Å². The zero-order valence-electron chi connectivity index (χ0n) is 33.9. The number of nitrogens with zero attached hydrogens (tertiary/aromatic N) is 6. The van der Waals surface area contributed by atoms with Crippen LogP contribution < -0.4 is 9.80 Å². The molecule has 12 aromatic rings. The van der Waals surface area contributed by atoms with Crippen molar-refractivity contribution >= 4 is 88.8 Å². The van der Waals surface area contributed by atoms with Crippen LogP contribution in [0.2, 0.25) is 0 Å². The van der Waals surface area contributed by atoms with Gasteiger partial charge in [-0.25, -0.2) is 14.6 Å². The Hall–Kier alpha value is -8.68. The fourth-order valence-electron chi connectivity index (χ4n) is 9.05. The molecule has 0 fully saturated rings. The molecule has 0 radical (unpaired) electrons. The Kier molecular flexibility index (Phi) is 8.67. The molecule has 0 unspecified atom stereocenters. The van der Waals surface area contributed by atoms with Gasteiger partial charge in [0.1, 0.15) is 22.1 Å². The van der Waals surface area contributed by atoms with Gasteiger partial charge in [-0.1, -0.05) is 146 Å². The molecule has 63 heavy (non-hydrogen) atoms. The molecule has 0 aliphatic carbocycles. The van der Waals surface area contributed by atoms with E-state index in [-0.39, 0.29) is 0 Å². The molecule has 296 valence electrons. The van der Waals surface area contributed by atoms with Crippen molar-refractivity contribution < 1.29 is 4.63 Å². The Labute approximate surface area is 362 Å². The maximum absolute atomic E-state index is 5.68. The average Bonchev–Trinajstić information content (AvgIpc) is 3.84. The zero-order chi connectivity index (χ0) is 41.7. The predicted octanol–water partition coefficient (Wildman–Crippen LogP) is 14.9. The lowest BCUT2D eigenvalue weighted by Crippen LogP contribution is -2.09. The Balaban J connectivity index is 1.10. The number of rotatable bonds is 8. The number of anilines is 6. The van der Waals surface area contributed by atoms with E-state index in [0.29, 0.717) is 11.0 Å². The molecule has 0 bridgehead atoms. The minimum atomic E-state index is 0.617. The van der Waals surface area contributed by atoms with E-state index in [1.54, 1.807) is 0 Å². The summed E-state index contributed by atoms with van der Waals surface area (Å²) in [6.45, 7) is 0. The highest BCUT2D eigenvalue weighted by Crippen LogP contribution is 2.45. The molecule has 0 aliphatic rings. The van der Waals surface area contributed by atoms with E-state index in [1.807, 2.05) is 24.3 Å². The fourth-order valence-corrected chi connectivity index (χ4v) is 9.05. The molecule has 7 nitrogen and oxygen atoms in total. The summed E-state index contributed by atoms with van der Waals surface area (Å²) >= 11 is 0. The molecule has 12 rings (SSSR count). The first-order valence-corrected chi connectivity index (χ1v) is 21.0. The third kappa shape index (κ3) is 6.13. The van der Waals surface area contributed by atoms with Crippen LogP contribution in [-0.4, -0.2) is 20.3 Å². The molecule has 0 amide bonds. The first-order valence-electron chi connectivity index (χ1n) is 21.0. The summed E-state index contributed by atoms with van der Waals surface area (Å²) in [5, 5.41) is 13.6. The third-order valence-corrected chi connectivity index (χ3v) is 11.9. The van der Waals surface area contributed by atoms with E-state index in [1.165, 1.54) is 0 Å². The summed E-state index contributed by atoms with van der Waals surface area (Å²) < 4.78 is 5.68. The van der Waals surface area contributed by atoms with Crippen molar-refractivity contribution in [2.75, 3.05) is 9.80 Å². The van der Waals surface area contributed by atoms with Gasteiger partial charge in [-0.05, 0) is 105 Å². The highest BCUT2D eigenvalue weighted by Gasteiger charge is 2.26. The van der Waals surface area contributed by atoms with Crippen LogP contribution in [0.15, 0.2) is 223 Å². The van der Waals surface area contributed by atoms with Crippen LogP contribution in [-0.2, 0) is 0 Å². The molecular weight excluding hydrogens is 773 g/mol. The van der Waals surface area contributed by atoms with Crippen LogP contribution in [0.3, 0.4) is 0 Å². The highest BCUT2D eigenvalue weighted by molar-refractivity contribution is 6.26. The molecule has 7 heteroatoms. The average molecular weight is 809 g/mol. The molecule has 2 heterocycles. The van der Waals surface area contributed by atoms with Gasteiger partial charge < -0.3 is 9.80 Å². The molecule has 10 aromatic carbocycles. The van der Waals surface area contributed by atoms with E-state index < -0.39 is 0 Å². The summed E-state index contributed by atoms with van der Waals surface area (Å²) in [5.74, 6) is 0. The third-order valence-electron chi connectivity index (χ3n) is 11.9. The molecule has 0 atom stereocenters. The standard InChI is InChI=1S/C56H36N6O/c1-5-17-39(18-6-1)61(40-19-7-2-8-20-40)43-33-29-37(30-34-43)49-53-54(58-52-48-28-16-14-26-46(48)45-25-13-15-27-47(45)51(52)57-53)50(56-55(49)59-63-60-56)38-31-35-44(36-32-38)62(41-21-9-3-10-22-41)42-23-11-4-12-24-42/h1-36H. The second kappa shape index (κ2) is 15.1. The summed E-state index contributed by atoms with van der Waals surface area (Å²) in [6.07, 6.45) is 0. The first-order chi connectivity index (χ1) is 31.3. The number of benzene rings is 10. The van der Waals surface area contributed by atoms with Crippen molar-refractivity contribution in [1.82, 2.24) is 20.3 Å². The van der Waals surface area contributed by atoms with Crippen LogP contribution in [0, 0.1) is 0 Å². The number of para-hydroxylation sites is 4. The summed E-state index contributed by atoms with van der Waals surface area (Å²) in [4.78, 5) is 15.8. The lowest BCUT2D eigenvalue weighted by Gasteiger charge is -2.25. The molecular formula is C56H36N6O. The molecule has 0 N–H and O–H groups in total. The smallest absolute Gasteiger partial charge is 0.146 e. The van der Waals surface area contributed by atoms with Gasteiger partial charge in [0, 0.05) is 56.0 Å². The largest absolute Gasteiger partial charge is 0.311 e. The second-order valence-electron chi connectivity index (χ2n) is 15.5. The Morgan fingerprint density at radius 1 is 0.254 bits per heavy atom. The normalized spacial score (nSPS) is 11.5. The second-order valence-corrected chi connectivity index (χ2v) is 15.5. The number of hydrogen-bond donors (Lipinski definition) is 0.